The highest BCUT2D eigenvalue weighted by molar-refractivity contribution is 7.07. The highest BCUT2D eigenvalue weighted by atomic mass is 32.1. The van der Waals surface area contributed by atoms with Gasteiger partial charge in [-0.05, 0) is 49.2 Å². The summed E-state index contributed by atoms with van der Waals surface area (Å²) in [6, 6.07) is 20.6. The van der Waals surface area contributed by atoms with Crippen molar-refractivity contribution < 1.29 is 18.7 Å². The smallest absolute Gasteiger partial charge is 0.338 e. The van der Waals surface area contributed by atoms with Gasteiger partial charge in [-0.3, -0.25) is 9.36 Å². The van der Waals surface area contributed by atoms with Gasteiger partial charge in [0.2, 0.25) is 0 Å². The Balaban J connectivity index is 1.62. The number of rotatable bonds is 6. The van der Waals surface area contributed by atoms with Crippen LogP contribution in [-0.2, 0) is 9.53 Å². The second-order valence-electron chi connectivity index (χ2n) is 9.52. The van der Waals surface area contributed by atoms with Crippen molar-refractivity contribution in [2.45, 2.75) is 19.9 Å². The lowest BCUT2D eigenvalue weighted by molar-refractivity contribution is -0.139. The molecule has 3 aromatic carbocycles. The number of allylic oxidation sites excluding steroid dienone is 1. The standard InChI is InChI=1S/C32H26FN3O4S/c1-4-40-31(38)26-18(2)34-32-36(29(26)20-13-15-21(33)16-14-20)30(37)25(41-32)17-23-22-11-8-12-24(39-3)28(22)35-27(23)19-9-6-5-7-10-19/h5-17,29,35H,4H2,1-3H3/b25-17-/t29-/m0/s1. The molecule has 1 aliphatic heterocycles. The summed E-state index contributed by atoms with van der Waals surface area (Å²) in [6.07, 6.45) is 1.86. The van der Waals surface area contributed by atoms with E-state index in [1.54, 1.807) is 33.1 Å². The molecular weight excluding hydrogens is 541 g/mol. The Hall–Kier alpha value is -4.76. The Morgan fingerprint density at radius 3 is 2.56 bits per heavy atom. The molecule has 0 aliphatic carbocycles. The van der Waals surface area contributed by atoms with Gasteiger partial charge < -0.3 is 14.5 Å². The Labute approximate surface area is 238 Å². The number of aromatic amines is 1. The molecule has 206 valence electrons. The van der Waals surface area contributed by atoms with Crippen molar-refractivity contribution in [2.75, 3.05) is 13.7 Å². The maximum absolute atomic E-state index is 14.1. The van der Waals surface area contributed by atoms with Crippen LogP contribution >= 0.6 is 11.3 Å². The molecule has 0 fully saturated rings. The molecule has 2 aromatic heterocycles. The third-order valence-corrected chi connectivity index (χ3v) is 8.08. The van der Waals surface area contributed by atoms with E-state index >= 15 is 0 Å². The van der Waals surface area contributed by atoms with Gasteiger partial charge in [-0.2, -0.15) is 0 Å². The first-order valence-corrected chi connectivity index (χ1v) is 13.9. The van der Waals surface area contributed by atoms with Crippen LogP contribution in [0.5, 0.6) is 5.75 Å². The van der Waals surface area contributed by atoms with Gasteiger partial charge in [-0.25, -0.2) is 14.2 Å². The topological polar surface area (TPSA) is 85.7 Å². The van der Waals surface area contributed by atoms with Crippen molar-refractivity contribution in [1.82, 2.24) is 9.55 Å². The number of benzene rings is 3. The van der Waals surface area contributed by atoms with Crippen LogP contribution in [0.2, 0.25) is 0 Å². The van der Waals surface area contributed by atoms with Crippen LogP contribution in [0.4, 0.5) is 4.39 Å². The zero-order valence-corrected chi connectivity index (χ0v) is 23.4. The fourth-order valence-corrected chi connectivity index (χ4v) is 6.28. The fourth-order valence-electron chi connectivity index (χ4n) is 5.25. The molecule has 41 heavy (non-hydrogen) atoms. The summed E-state index contributed by atoms with van der Waals surface area (Å²) in [4.78, 5) is 35.8. The fraction of sp³-hybridized carbons (Fsp3) is 0.156. The maximum Gasteiger partial charge on any atom is 0.338 e. The largest absolute Gasteiger partial charge is 0.495 e. The van der Waals surface area contributed by atoms with Crippen LogP contribution in [0.3, 0.4) is 0 Å². The summed E-state index contributed by atoms with van der Waals surface area (Å²) in [6.45, 7) is 3.61. The van der Waals surface area contributed by atoms with E-state index in [1.165, 1.54) is 28.0 Å². The van der Waals surface area contributed by atoms with Gasteiger partial charge in [0.05, 0.1) is 46.8 Å². The van der Waals surface area contributed by atoms with Gasteiger partial charge in [0, 0.05) is 10.9 Å². The average molecular weight is 568 g/mol. The van der Waals surface area contributed by atoms with Crippen LogP contribution in [0, 0.1) is 5.82 Å². The summed E-state index contributed by atoms with van der Waals surface area (Å²) in [5, 5.41) is 0.896. The molecule has 6 rings (SSSR count). The summed E-state index contributed by atoms with van der Waals surface area (Å²) in [5.74, 6) is -0.290. The second kappa shape index (κ2) is 10.7. The molecule has 0 saturated heterocycles. The monoisotopic (exact) mass is 567 g/mol. The van der Waals surface area contributed by atoms with Gasteiger partial charge in [0.1, 0.15) is 11.6 Å². The lowest BCUT2D eigenvalue weighted by Gasteiger charge is -2.24. The third kappa shape index (κ3) is 4.58. The zero-order valence-electron chi connectivity index (χ0n) is 22.6. The van der Waals surface area contributed by atoms with Crippen molar-refractivity contribution in [3.05, 3.63) is 121 Å². The lowest BCUT2D eigenvalue weighted by atomic mass is 9.96. The van der Waals surface area contributed by atoms with Crippen molar-refractivity contribution in [3.63, 3.8) is 0 Å². The number of halogens is 1. The number of para-hydroxylation sites is 1. The maximum atomic E-state index is 14.1. The molecule has 0 spiro atoms. The van der Waals surface area contributed by atoms with Crippen LogP contribution in [-0.4, -0.2) is 29.2 Å². The Morgan fingerprint density at radius 1 is 1.10 bits per heavy atom. The number of thiazole rings is 1. The number of esters is 1. The van der Waals surface area contributed by atoms with Gasteiger partial charge in [-0.15, -0.1) is 0 Å². The number of fused-ring (bicyclic) bond motifs is 2. The second-order valence-corrected chi connectivity index (χ2v) is 10.5. The van der Waals surface area contributed by atoms with Gasteiger partial charge >= 0.3 is 5.97 Å². The van der Waals surface area contributed by atoms with Crippen LogP contribution in [0.1, 0.15) is 31.0 Å². The Morgan fingerprint density at radius 2 is 1.85 bits per heavy atom. The molecule has 0 bridgehead atoms. The van der Waals surface area contributed by atoms with E-state index in [1.807, 2.05) is 54.6 Å². The van der Waals surface area contributed by atoms with E-state index in [-0.39, 0.29) is 17.7 Å². The van der Waals surface area contributed by atoms with Crippen molar-refractivity contribution in [1.29, 1.82) is 0 Å². The molecule has 1 N–H and O–H groups in total. The number of carbonyl (C=O) groups is 1. The number of ether oxygens (including phenoxy) is 2. The average Bonchev–Trinajstić information content (AvgIpc) is 3.50. The molecule has 0 amide bonds. The molecule has 0 unspecified atom stereocenters. The number of aromatic nitrogens is 2. The van der Waals surface area contributed by atoms with Gasteiger partial charge in [0.15, 0.2) is 4.80 Å². The quantitative estimate of drug-likeness (QED) is 0.290. The number of methoxy groups -OCH3 is 1. The third-order valence-electron chi connectivity index (χ3n) is 7.10. The molecule has 3 heterocycles. The van der Waals surface area contributed by atoms with Crippen molar-refractivity contribution in [3.8, 4) is 17.0 Å². The van der Waals surface area contributed by atoms with Gasteiger partial charge in [0.25, 0.3) is 5.56 Å². The normalized spacial score (nSPS) is 15.1. The molecular formula is C32H26FN3O4S. The number of hydrogen-bond acceptors (Lipinski definition) is 6. The van der Waals surface area contributed by atoms with Crippen LogP contribution in [0.15, 0.2) is 93.9 Å². The zero-order chi connectivity index (χ0) is 28.7. The highest BCUT2D eigenvalue weighted by Gasteiger charge is 2.33. The van der Waals surface area contributed by atoms with Crippen LogP contribution < -0.4 is 19.6 Å². The Bertz CT molecular complexity index is 2000. The molecule has 1 atom stereocenters. The van der Waals surface area contributed by atoms with E-state index < -0.39 is 17.8 Å². The molecule has 1 aliphatic rings. The first-order chi connectivity index (χ1) is 19.9. The van der Waals surface area contributed by atoms with E-state index in [4.69, 9.17) is 9.47 Å². The molecule has 0 saturated carbocycles. The van der Waals surface area contributed by atoms with Crippen molar-refractivity contribution >= 4 is 34.3 Å². The predicted molar refractivity (Wildman–Crippen MR) is 157 cm³/mol. The van der Waals surface area contributed by atoms with E-state index in [2.05, 4.69) is 9.98 Å². The Kier molecular flexibility index (Phi) is 6.88. The number of carbonyl (C=O) groups excluding carboxylic acids is 1. The summed E-state index contributed by atoms with van der Waals surface area (Å²) >= 11 is 1.24. The van der Waals surface area contributed by atoms with E-state index in [0.29, 0.717) is 26.3 Å². The van der Waals surface area contributed by atoms with E-state index in [0.717, 1.165) is 27.7 Å². The number of H-pyrrole nitrogens is 1. The van der Waals surface area contributed by atoms with Crippen LogP contribution in [0.25, 0.3) is 28.2 Å². The molecule has 0 radical (unpaired) electrons. The first kappa shape index (κ1) is 26.5. The predicted octanol–water partition coefficient (Wildman–Crippen LogP) is 5.09. The summed E-state index contributed by atoms with van der Waals surface area (Å²) in [7, 11) is 1.62. The minimum atomic E-state index is -0.815. The minimum absolute atomic E-state index is 0.169. The number of nitrogens with one attached hydrogen (secondary N) is 1. The van der Waals surface area contributed by atoms with Gasteiger partial charge in [-0.1, -0.05) is 65.9 Å². The number of hydrogen-bond donors (Lipinski definition) is 1. The minimum Gasteiger partial charge on any atom is -0.495 e. The SMILES string of the molecule is CCOC(=O)C1=C(C)N=c2s/c(=C\c3c(-c4ccccc4)[nH]c4c(OC)cccc34)c(=O)n2[C@H]1c1ccc(F)cc1. The molecule has 7 nitrogen and oxygen atoms in total. The highest BCUT2D eigenvalue weighted by Crippen LogP contribution is 2.35. The van der Waals surface area contributed by atoms with E-state index in [9.17, 15) is 14.0 Å². The lowest BCUT2D eigenvalue weighted by Crippen LogP contribution is -2.39. The first-order valence-electron chi connectivity index (χ1n) is 13.1. The molecule has 9 heteroatoms. The van der Waals surface area contributed by atoms with Crippen molar-refractivity contribution in [2.24, 2.45) is 4.99 Å². The number of nitrogens with zero attached hydrogens (tertiary/aromatic N) is 2. The summed E-state index contributed by atoms with van der Waals surface area (Å²) in [5.41, 5.74) is 4.41. The summed E-state index contributed by atoms with van der Waals surface area (Å²) < 4.78 is 26.7. The molecule has 5 aromatic rings.